The maximum absolute atomic E-state index is 12.5. The summed E-state index contributed by atoms with van der Waals surface area (Å²) in [5, 5.41) is 11.3. The standard InChI is InChI=1S/C14H21N3O4S/c1-9-5-6-16-8-12(9)17-14(18)11-7-10(22(15,19)20)3-4-13(11)21-2/h3-4,7,9,12,16H,5-6,8H2,1-2H3,(H,17,18)(H2,15,19,20). The van der Waals surface area contributed by atoms with Crippen molar-refractivity contribution in [2.24, 2.45) is 11.1 Å². The zero-order valence-electron chi connectivity index (χ0n) is 12.6. The molecule has 2 rings (SSSR count). The second kappa shape index (κ2) is 6.64. The van der Waals surface area contributed by atoms with Gasteiger partial charge in [-0.2, -0.15) is 0 Å². The van der Waals surface area contributed by atoms with E-state index in [1.807, 2.05) is 0 Å². The van der Waals surface area contributed by atoms with E-state index in [9.17, 15) is 13.2 Å². The number of ether oxygens (including phenoxy) is 1. The number of carbonyl (C=O) groups is 1. The topological polar surface area (TPSA) is 111 Å². The first-order valence-corrected chi connectivity index (χ1v) is 8.60. The van der Waals surface area contributed by atoms with Crippen LogP contribution in [0.4, 0.5) is 0 Å². The van der Waals surface area contributed by atoms with E-state index < -0.39 is 10.0 Å². The minimum atomic E-state index is -3.88. The minimum Gasteiger partial charge on any atom is -0.496 e. The molecule has 2 unspecified atom stereocenters. The van der Waals surface area contributed by atoms with Gasteiger partial charge >= 0.3 is 0 Å². The lowest BCUT2D eigenvalue weighted by Gasteiger charge is -2.30. The van der Waals surface area contributed by atoms with Gasteiger partial charge in [0.1, 0.15) is 5.75 Å². The molecule has 7 nitrogen and oxygen atoms in total. The molecule has 0 bridgehead atoms. The summed E-state index contributed by atoms with van der Waals surface area (Å²) in [6.07, 6.45) is 0.972. The molecule has 0 radical (unpaired) electrons. The first-order valence-electron chi connectivity index (χ1n) is 7.05. The first-order chi connectivity index (χ1) is 10.3. The van der Waals surface area contributed by atoms with Crippen LogP contribution in [-0.4, -0.2) is 40.6 Å². The lowest BCUT2D eigenvalue weighted by molar-refractivity contribution is 0.0912. The van der Waals surface area contributed by atoms with Crippen LogP contribution in [0, 0.1) is 5.92 Å². The lowest BCUT2D eigenvalue weighted by Crippen LogP contribution is -2.50. The Morgan fingerprint density at radius 3 is 2.77 bits per heavy atom. The number of hydrogen-bond donors (Lipinski definition) is 3. The Hall–Kier alpha value is -1.64. The fraction of sp³-hybridized carbons (Fsp3) is 0.500. The number of nitrogens with two attached hydrogens (primary N) is 1. The van der Waals surface area contributed by atoms with Gasteiger partial charge in [-0.05, 0) is 37.1 Å². The van der Waals surface area contributed by atoms with Crippen molar-refractivity contribution in [1.82, 2.24) is 10.6 Å². The Bertz CT molecular complexity index is 660. The number of sulfonamides is 1. The van der Waals surface area contributed by atoms with Crippen molar-refractivity contribution in [2.45, 2.75) is 24.3 Å². The average molecular weight is 327 g/mol. The molecule has 1 aliphatic rings. The van der Waals surface area contributed by atoms with Gasteiger partial charge in [-0.3, -0.25) is 4.79 Å². The number of rotatable bonds is 4. The van der Waals surface area contributed by atoms with Crippen molar-refractivity contribution in [3.05, 3.63) is 23.8 Å². The molecule has 1 amide bonds. The van der Waals surface area contributed by atoms with Crippen LogP contribution in [0.15, 0.2) is 23.1 Å². The van der Waals surface area contributed by atoms with E-state index in [0.717, 1.165) is 13.0 Å². The zero-order chi connectivity index (χ0) is 16.3. The van der Waals surface area contributed by atoms with E-state index in [1.165, 1.54) is 25.3 Å². The van der Waals surface area contributed by atoms with Crippen molar-refractivity contribution in [1.29, 1.82) is 0 Å². The summed E-state index contributed by atoms with van der Waals surface area (Å²) in [6.45, 7) is 3.69. The minimum absolute atomic E-state index is 0.0101. The molecular weight excluding hydrogens is 306 g/mol. The van der Waals surface area contributed by atoms with E-state index in [-0.39, 0.29) is 22.4 Å². The average Bonchev–Trinajstić information content (AvgIpc) is 2.48. The summed E-state index contributed by atoms with van der Waals surface area (Å²) in [5.74, 6) is 0.279. The third kappa shape index (κ3) is 3.76. The van der Waals surface area contributed by atoms with Crippen LogP contribution in [0.3, 0.4) is 0 Å². The summed E-state index contributed by atoms with van der Waals surface area (Å²) >= 11 is 0. The van der Waals surface area contributed by atoms with Gasteiger partial charge in [0.15, 0.2) is 0 Å². The van der Waals surface area contributed by atoms with E-state index in [1.54, 1.807) is 0 Å². The predicted molar refractivity (Wildman–Crippen MR) is 82.3 cm³/mol. The van der Waals surface area contributed by atoms with Gasteiger partial charge in [-0.25, -0.2) is 13.6 Å². The van der Waals surface area contributed by atoms with Gasteiger partial charge in [0.25, 0.3) is 5.91 Å². The van der Waals surface area contributed by atoms with Gasteiger partial charge < -0.3 is 15.4 Å². The van der Waals surface area contributed by atoms with Gasteiger partial charge in [-0.1, -0.05) is 6.92 Å². The molecule has 8 heteroatoms. The number of methoxy groups -OCH3 is 1. The van der Waals surface area contributed by atoms with Crippen LogP contribution >= 0.6 is 0 Å². The second-order valence-corrected chi connectivity index (χ2v) is 7.02. The number of benzene rings is 1. The van der Waals surface area contributed by atoms with Crippen molar-refractivity contribution in [2.75, 3.05) is 20.2 Å². The molecule has 22 heavy (non-hydrogen) atoms. The molecule has 0 aromatic heterocycles. The van der Waals surface area contributed by atoms with Crippen LogP contribution in [0.5, 0.6) is 5.75 Å². The normalized spacial score (nSPS) is 22.1. The number of nitrogens with one attached hydrogen (secondary N) is 2. The Morgan fingerprint density at radius 2 is 2.18 bits per heavy atom. The molecule has 1 fully saturated rings. The molecule has 2 atom stereocenters. The van der Waals surface area contributed by atoms with Crippen LogP contribution in [0.25, 0.3) is 0 Å². The second-order valence-electron chi connectivity index (χ2n) is 5.46. The van der Waals surface area contributed by atoms with Crippen molar-refractivity contribution < 1.29 is 17.9 Å². The molecule has 1 heterocycles. The van der Waals surface area contributed by atoms with Gasteiger partial charge in [0, 0.05) is 12.6 Å². The summed E-state index contributed by atoms with van der Waals surface area (Å²) in [7, 11) is -2.45. The van der Waals surface area contributed by atoms with Crippen LogP contribution in [0.2, 0.25) is 0 Å². The van der Waals surface area contributed by atoms with Crippen LogP contribution in [-0.2, 0) is 10.0 Å². The highest BCUT2D eigenvalue weighted by molar-refractivity contribution is 7.89. The highest BCUT2D eigenvalue weighted by Gasteiger charge is 2.25. The van der Waals surface area contributed by atoms with Crippen molar-refractivity contribution in [3.63, 3.8) is 0 Å². The number of hydrogen-bond acceptors (Lipinski definition) is 5. The SMILES string of the molecule is COc1ccc(S(N)(=O)=O)cc1C(=O)NC1CNCCC1C. The quantitative estimate of drug-likeness (QED) is 0.725. The molecule has 4 N–H and O–H groups in total. The number of piperidine rings is 1. The monoisotopic (exact) mass is 327 g/mol. The Labute approximate surface area is 130 Å². The smallest absolute Gasteiger partial charge is 0.255 e. The third-order valence-electron chi connectivity index (χ3n) is 3.89. The molecule has 1 aromatic rings. The highest BCUT2D eigenvalue weighted by atomic mass is 32.2. The summed E-state index contributed by atoms with van der Waals surface area (Å²) in [6, 6.07) is 3.97. The van der Waals surface area contributed by atoms with Crippen LogP contribution in [0.1, 0.15) is 23.7 Å². The Kier molecular flexibility index (Phi) is 5.05. The predicted octanol–water partition coefficient (Wildman–Crippen LogP) is 0.0704. The summed E-state index contributed by atoms with van der Waals surface area (Å²) < 4.78 is 28.0. The van der Waals surface area contributed by atoms with Crippen molar-refractivity contribution >= 4 is 15.9 Å². The largest absolute Gasteiger partial charge is 0.496 e. The molecule has 1 aromatic carbocycles. The fourth-order valence-electron chi connectivity index (χ4n) is 2.47. The van der Waals surface area contributed by atoms with Gasteiger partial charge in [0.05, 0.1) is 17.6 Å². The number of primary sulfonamides is 1. The zero-order valence-corrected chi connectivity index (χ0v) is 13.4. The lowest BCUT2D eigenvalue weighted by atomic mass is 9.94. The van der Waals surface area contributed by atoms with Crippen LogP contribution < -0.4 is 20.5 Å². The first kappa shape index (κ1) is 16.7. The maximum Gasteiger partial charge on any atom is 0.255 e. The molecule has 122 valence electrons. The van der Waals surface area contributed by atoms with Gasteiger partial charge in [0.2, 0.25) is 10.0 Å². The molecular formula is C14H21N3O4S. The molecule has 0 saturated carbocycles. The maximum atomic E-state index is 12.5. The highest BCUT2D eigenvalue weighted by Crippen LogP contribution is 2.22. The van der Waals surface area contributed by atoms with E-state index in [0.29, 0.717) is 18.2 Å². The summed E-state index contributed by atoms with van der Waals surface area (Å²) in [4.78, 5) is 12.3. The van der Waals surface area contributed by atoms with E-state index in [4.69, 9.17) is 9.88 Å². The summed E-state index contributed by atoms with van der Waals surface area (Å²) in [5.41, 5.74) is 0.159. The Balaban J connectivity index is 2.27. The Morgan fingerprint density at radius 1 is 1.45 bits per heavy atom. The molecule has 1 saturated heterocycles. The molecule has 0 spiro atoms. The van der Waals surface area contributed by atoms with Gasteiger partial charge in [-0.15, -0.1) is 0 Å². The van der Waals surface area contributed by atoms with Crippen molar-refractivity contribution in [3.8, 4) is 5.75 Å². The molecule has 0 aliphatic carbocycles. The third-order valence-corrected chi connectivity index (χ3v) is 4.80. The number of carbonyl (C=O) groups excluding carboxylic acids is 1. The number of amides is 1. The molecule has 1 aliphatic heterocycles. The van der Waals surface area contributed by atoms with E-state index in [2.05, 4.69) is 17.6 Å². The fourth-order valence-corrected chi connectivity index (χ4v) is 3.01. The van der Waals surface area contributed by atoms with E-state index >= 15 is 0 Å².